The molecule has 1 atom stereocenters. The second-order valence-electron chi connectivity index (χ2n) is 6.74. The van der Waals surface area contributed by atoms with Crippen molar-refractivity contribution in [1.82, 2.24) is 19.8 Å². The predicted octanol–water partition coefficient (Wildman–Crippen LogP) is 3.52. The van der Waals surface area contributed by atoms with E-state index in [0.717, 1.165) is 0 Å². The number of hydrazine groups is 2. The smallest absolute Gasteiger partial charge is 0.103 e. The highest BCUT2D eigenvalue weighted by molar-refractivity contribution is 7.80. The summed E-state index contributed by atoms with van der Waals surface area (Å²) in [5.41, 5.74) is 0. The maximum atomic E-state index is 3.70. The van der Waals surface area contributed by atoms with Crippen molar-refractivity contribution in [1.29, 1.82) is 0 Å². The topological polar surface area (TPSA) is 21.8 Å². The van der Waals surface area contributed by atoms with E-state index in [4.69, 9.17) is 0 Å². The van der Waals surface area contributed by atoms with Gasteiger partial charge in [0.05, 0.1) is 8.07 Å². The van der Waals surface area contributed by atoms with Gasteiger partial charge >= 0.3 is 0 Å². The van der Waals surface area contributed by atoms with Gasteiger partial charge in [-0.3, -0.25) is 0 Å². The van der Waals surface area contributed by atoms with Crippen molar-refractivity contribution in [3.63, 3.8) is 0 Å². The van der Waals surface area contributed by atoms with Crippen LogP contribution < -0.4 is 21.1 Å². The Kier molecular flexibility index (Phi) is 7.70. The Morgan fingerprint density at radius 1 is 0.571 bits per heavy atom. The summed E-state index contributed by atoms with van der Waals surface area (Å²) >= 11 is 0. The van der Waals surface area contributed by atoms with E-state index in [-0.39, 0.29) is 0 Å². The molecule has 0 saturated carbocycles. The Hall–Kier alpha value is -1.64. The molecule has 0 bridgehead atoms. The minimum Gasteiger partial charge on any atom is -0.246 e. The van der Waals surface area contributed by atoms with E-state index in [9.17, 15) is 0 Å². The molecule has 28 heavy (non-hydrogen) atoms. The van der Waals surface area contributed by atoms with Gasteiger partial charge < -0.3 is 0 Å². The second kappa shape index (κ2) is 10.2. The lowest BCUT2D eigenvalue weighted by Crippen LogP contribution is -2.43. The zero-order chi connectivity index (χ0) is 19.9. The number of rotatable bonds is 8. The Labute approximate surface area is 171 Å². The van der Waals surface area contributed by atoms with E-state index in [1.54, 1.807) is 0 Å². The quantitative estimate of drug-likeness (QED) is 0.453. The highest BCUT2D eigenvalue weighted by Crippen LogP contribution is 2.53. The highest BCUT2D eigenvalue weighted by atomic mass is 31.2. The molecular weight excluding hydrogens is 382 g/mol. The van der Waals surface area contributed by atoms with Gasteiger partial charge in [-0.25, -0.2) is 15.2 Å². The normalized spacial score (nSPS) is 12.9. The maximum absolute atomic E-state index is 3.70. The maximum Gasteiger partial charge on any atom is 0.103 e. The van der Waals surface area contributed by atoms with Crippen LogP contribution in [0.25, 0.3) is 0 Å². The SMILES string of the molecule is CN(C)NP(c1ccccc1)N(N(C)C)P(c1ccccc1)c1ccccc1. The van der Waals surface area contributed by atoms with E-state index in [1.807, 2.05) is 0 Å². The minimum atomic E-state index is -0.821. The van der Waals surface area contributed by atoms with E-state index in [2.05, 4.69) is 139 Å². The molecule has 6 heteroatoms. The number of benzene rings is 3. The molecule has 0 spiro atoms. The van der Waals surface area contributed by atoms with Crippen molar-refractivity contribution in [2.45, 2.75) is 0 Å². The fourth-order valence-corrected chi connectivity index (χ4v) is 8.24. The third kappa shape index (κ3) is 5.24. The van der Waals surface area contributed by atoms with Gasteiger partial charge in [0.1, 0.15) is 8.22 Å². The fraction of sp³-hybridized carbons (Fsp3) is 0.182. The van der Waals surface area contributed by atoms with Crippen molar-refractivity contribution in [3.05, 3.63) is 91.0 Å². The average molecular weight is 410 g/mol. The van der Waals surface area contributed by atoms with Crippen molar-refractivity contribution < 1.29 is 0 Å². The summed E-state index contributed by atoms with van der Waals surface area (Å²) in [6.45, 7) is 0. The van der Waals surface area contributed by atoms with Crippen molar-refractivity contribution in [3.8, 4) is 0 Å². The number of nitrogens with one attached hydrogen (secondary N) is 1. The second-order valence-corrected chi connectivity index (χ2v) is 10.8. The molecule has 0 saturated heterocycles. The summed E-state index contributed by atoms with van der Waals surface area (Å²) in [6.07, 6.45) is 0. The third-order valence-corrected chi connectivity index (χ3v) is 9.47. The Balaban J connectivity index is 2.14. The standard InChI is InChI=1S/C22H28N4P2/c1-24(2)23-28(22-18-12-7-13-19-22)26(25(3)4)27(20-14-8-5-9-15-20)21-16-10-6-11-17-21/h5-19,23H,1-4H3. The van der Waals surface area contributed by atoms with Gasteiger partial charge in [-0.05, 0) is 10.6 Å². The van der Waals surface area contributed by atoms with Crippen LogP contribution in [0.4, 0.5) is 0 Å². The van der Waals surface area contributed by atoms with Crippen LogP contribution in [0, 0.1) is 0 Å². The molecule has 0 heterocycles. The van der Waals surface area contributed by atoms with E-state index in [0.29, 0.717) is 0 Å². The summed E-state index contributed by atoms with van der Waals surface area (Å²) in [5.74, 6) is 0. The summed E-state index contributed by atoms with van der Waals surface area (Å²) in [6, 6.07) is 32.4. The molecule has 0 radical (unpaired) electrons. The number of hydrogen-bond donors (Lipinski definition) is 1. The van der Waals surface area contributed by atoms with Gasteiger partial charge in [-0.15, -0.1) is 0 Å². The zero-order valence-electron chi connectivity index (χ0n) is 16.9. The van der Waals surface area contributed by atoms with Crippen molar-refractivity contribution in [2.75, 3.05) is 28.2 Å². The molecule has 3 rings (SSSR count). The first-order valence-electron chi connectivity index (χ1n) is 9.24. The molecule has 4 nitrogen and oxygen atoms in total. The summed E-state index contributed by atoms with van der Waals surface area (Å²) in [7, 11) is 6.81. The van der Waals surface area contributed by atoms with Gasteiger partial charge in [0.2, 0.25) is 0 Å². The largest absolute Gasteiger partial charge is 0.246 e. The van der Waals surface area contributed by atoms with Gasteiger partial charge in [0.25, 0.3) is 0 Å². The molecule has 3 aromatic rings. The first kappa shape index (κ1) is 21.1. The first-order chi connectivity index (χ1) is 13.6. The van der Waals surface area contributed by atoms with Crippen LogP contribution in [-0.2, 0) is 0 Å². The van der Waals surface area contributed by atoms with Crippen molar-refractivity contribution >= 4 is 32.2 Å². The molecule has 0 amide bonds. The molecule has 0 aliphatic carbocycles. The van der Waals surface area contributed by atoms with Crippen LogP contribution in [-0.4, -0.2) is 42.8 Å². The van der Waals surface area contributed by atoms with E-state index >= 15 is 0 Å². The average Bonchev–Trinajstić information content (AvgIpc) is 2.72. The van der Waals surface area contributed by atoms with E-state index < -0.39 is 16.3 Å². The Bertz CT molecular complexity index is 789. The first-order valence-corrected chi connectivity index (χ1v) is 11.8. The van der Waals surface area contributed by atoms with Crippen LogP contribution >= 0.6 is 16.3 Å². The summed E-state index contributed by atoms with van der Waals surface area (Å²) in [4.78, 5) is 0. The van der Waals surface area contributed by atoms with Crippen molar-refractivity contribution in [2.24, 2.45) is 0 Å². The Morgan fingerprint density at radius 2 is 0.964 bits per heavy atom. The Morgan fingerprint density at radius 3 is 1.32 bits per heavy atom. The highest BCUT2D eigenvalue weighted by Gasteiger charge is 2.32. The molecule has 1 N–H and O–H groups in total. The van der Waals surface area contributed by atoms with Crippen LogP contribution in [0.15, 0.2) is 91.0 Å². The lowest BCUT2D eigenvalue weighted by atomic mass is 10.4. The van der Waals surface area contributed by atoms with Crippen LogP contribution in [0.5, 0.6) is 0 Å². The van der Waals surface area contributed by atoms with Crippen LogP contribution in [0.2, 0.25) is 0 Å². The van der Waals surface area contributed by atoms with E-state index in [1.165, 1.54) is 15.9 Å². The lowest BCUT2D eigenvalue weighted by Gasteiger charge is -2.43. The molecular formula is C22H28N4P2. The molecule has 0 aromatic heterocycles. The minimum absolute atomic E-state index is 0.748. The summed E-state index contributed by atoms with van der Waals surface area (Å²) < 4.78 is 2.52. The molecule has 0 aliphatic heterocycles. The monoisotopic (exact) mass is 410 g/mol. The predicted molar refractivity (Wildman–Crippen MR) is 124 cm³/mol. The lowest BCUT2D eigenvalue weighted by molar-refractivity contribution is 0.237. The third-order valence-electron chi connectivity index (χ3n) is 4.01. The number of hydrogen-bond acceptors (Lipinski definition) is 4. The van der Waals surface area contributed by atoms with Gasteiger partial charge in [-0.1, -0.05) is 91.0 Å². The van der Waals surface area contributed by atoms with Crippen LogP contribution in [0.1, 0.15) is 0 Å². The number of nitrogens with zero attached hydrogens (tertiary/aromatic N) is 3. The molecule has 3 aromatic carbocycles. The van der Waals surface area contributed by atoms with Gasteiger partial charge in [-0.2, -0.15) is 4.55 Å². The summed E-state index contributed by atoms with van der Waals surface area (Å²) in [5, 5.41) is 11.9. The van der Waals surface area contributed by atoms with Crippen LogP contribution in [0.3, 0.4) is 0 Å². The van der Waals surface area contributed by atoms with Gasteiger partial charge in [0, 0.05) is 33.5 Å². The fourth-order valence-electron chi connectivity index (χ4n) is 2.90. The zero-order valence-corrected chi connectivity index (χ0v) is 18.7. The molecule has 146 valence electrons. The molecule has 1 unspecified atom stereocenters. The molecule has 0 aliphatic rings. The molecule has 0 fully saturated rings. The van der Waals surface area contributed by atoms with Gasteiger partial charge in [0.15, 0.2) is 0 Å².